The van der Waals surface area contributed by atoms with Crippen LogP contribution in [0.15, 0.2) is 64.9 Å². The molecular formula is C12H12N2O. The third-order valence-corrected chi connectivity index (χ3v) is 2.12. The van der Waals surface area contributed by atoms with Gasteiger partial charge in [-0.2, -0.15) is 5.11 Å². The lowest BCUT2D eigenvalue weighted by Crippen LogP contribution is -2.22. The molecule has 1 aliphatic rings. The Balaban J connectivity index is 2.12. The van der Waals surface area contributed by atoms with Gasteiger partial charge in [-0.1, -0.05) is 36.4 Å². The summed E-state index contributed by atoms with van der Waals surface area (Å²) in [7, 11) is 0. The van der Waals surface area contributed by atoms with Crippen LogP contribution in [-0.2, 0) is 0 Å². The topological polar surface area (TPSA) is 45.0 Å². The first kappa shape index (κ1) is 9.80. The highest BCUT2D eigenvalue weighted by Gasteiger charge is 2.22. The fourth-order valence-electron chi connectivity index (χ4n) is 1.31. The highest BCUT2D eigenvalue weighted by atomic mass is 16.3. The molecule has 1 atom stereocenters. The van der Waals surface area contributed by atoms with Gasteiger partial charge in [0.05, 0.1) is 5.69 Å². The van der Waals surface area contributed by atoms with Crippen LogP contribution in [0.1, 0.15) is 6.42 Å². The van der Waals surface area contributed by atoms with E-state index in [1.54, 1.807) is 12.2 Å². The summed E-state index contributed by atoms with van der Waals surface area (Å²) >= 11 is 0. The van der Waals surface area contributed by atoms with E-state index in [1.807, 2.05) is 42.5 Å². The van der Waals surface area contributed by atoms with Gasteiger partial charge in [-0.15, -0.1) is 5.11 Å². The summed E-state index contributed by atoms with van der Waals surface area (Å²) < 4.78 is 0. The van der Waals surface area contributed by atoms with E-state index in [9.17, 15) is 5.11 Å². The Kier molecular flexibility index (Phi) is 2.74. The van der Waals surface area contributed by atoms with Crippen molar-refractivity contribution in [1.82, 2.24) is 0 Å². The lowest BCUT2D eigenvalue weighted by Gasteiger charge is -2.17. The van der Waals surface area contributed by atoms with E-state index in [2.05, 4.69) is 10.2 Å². The smallest absolute Gasteiger partial charge is 0.199 e. The quantitative estimate of drug-likeness (QED) is 0.733. The van der Waals surface area contributed by atoms with Crippen LogP contribution in [0, 0.1) is 0 Å². The summed E-state index contributed by atoms with van der Waals surface area (Å²) in [5.41, 5.74) is -0.432. The average Bonchev–Trinajstić information content (AvgIpc) is 2.29. The fourth-order valence-corrected chi connectivity index (χ4v) is 1.31. The Labute approximate surface area is 88.5 Å². The second-order valence-corrected chi connectivity index (χ2v) is 3.41. The molecule has 1 unspecified atom stereocenters. The molecule has 1 aliphatic carbocycles. The predicted octanol–water partition coefficient (Wildman–Crippen LogP) is 2.98. The van der Waals surface area contributed by atoms with Crippen LogP contribution in [0.25, 0.3) is 0 Å². The molecule has 0 heterocycles. The van der Waals surface area contributed by atoms with E-state index < -0.39 is 5.72 Å². The number of aliphatic hydroxyl groups is 1. The molecule has 3 nitrogen and oxygen atoms in total. The van der Waals surface area contributed by atoms with Gasteiger partial charge >= 0.3 is 0 Å². The van der Waals surface area contributed by atoms with E-state index in [0.717, 1.165) is 5.69 Å². The van der Waals surface area contributed by atoms with Gasteiger partial charge in [0.15, 0.2) is 5.72 Å². The van der Waals surface area contributed by atoms with Crippen molar-refractivity contribution >= 4 is 5.69 Å². The van der Waals surface area contributed by atoms with Crippen molar-refractivity contribution in [3.05, 3.63) is 54.6 Å². The maximum Gasteiger partial charge on any atom is 0.199 e. The number of azo groups is 1. The Morgan fingerprint density at radius 1 is 1.13 bits per heavy atom. The van der Waals surface area contributed by atoms with Gasteiger partial charge in [0.25, 0.3) is 0 Å². The second-order valence-electron chi connectivity index (χ2n) is 3.41. The molecule has 0 amide bonds. The molecule has 3 heteroatoms. The van der Waals surface area contributed by atoms with Crippen LogP contribution >= 0.6 is 0 Å². The Bertz CT molecular complexity index is 409. The molecule has 1 N–H and O–H groups in total. The van der Waals surface area contributed by atoms with Crippen LogP contribution < -0.4 is 0 Å². The lowest BCUT2D eigenvalue weighted by atomic mass is 10.1. The summed E-state index contributed by atoms with van der Waals surface area (Å²) in [6.45, 7) is 0. The Morgan fingerprint density at radius 3 is 2.60 bits per heavy atom. The summed E-state index contributed by atoms with van der Waals surface area (Å²) in [6, 6.07) is 9.37. The van der Waals surface area contributed by atoms with Gasteiger partial charge in [0.1, 0.15) is 0 Å². The summed E-state index contributed by atoms with van der Waals surface area (Å²) in [4.78, 5) is 0. The van der Waals surface area contributed by atoms with E-state index in [0.29, 0.717) is 6.42 Å². The maximum atomic E-state index is 9.93. The number of nitrogens with zero attached hydrogens (tertiary/aromatic N) is 2. The summed E-state index contributed by atoms with van der Waals surface area (Å²) in [5.74, 6) is 0. The van der Waals surface area contributed by atoms with E-state index in [4.69, 9.17) is 0 Å². The van der Waals surface area contributed by atoms with E-state index in [-0.39, 0.29) is 0 Å². The van der Waals surface area contributed by atoms with Gasteiger partial charge < -0.3 is 5.11 Å². The normalized spacial score (nSPS) is 24.9. The van der Waals surface area contributed by atoms with Crippen molar-refractivity contribution in [2.75, 3.05) is 0 Å². The minimum atomic E-state index is -1.18. The fraction of sp³-hybridized carbons (Fsp3) is 0.167. The zero-order valence-corrected chi connectivity index (χ0v) is 8.24. The monoisotopic (exact) mass is 200 g/mol. The molecule has 0 fully saturated rings. The average molecular weight is 200 g/mol. The van der Waals surface area contributed by atoms with Crippen LogP contribution in [0.3, 0.4) is 0 Å². The molecular weight excluding hydrogens is 188 g/mol. The number of hydrogen-bond acceptors (Lipinski definition) is 3. The molecule has 0 bridgehead atoms. The molecule has 0 aromatic heterocycles. The van der Waals surface area contributed by atoms with Crippen molar-refractivity contribution in [2.24, 2.45) is 10.2 Å². The van der Waals surface area contributed by atoms with Gasteiger partial charge in [-0.3, -0.25) is 0 Å². The molecule has 0 saturated carbocycles. The van der Waals surface area contributed by atoms with Gasteiger partial charge in [-0.25, -0.2) is 0 Å². The maximum absolute atomic E-state index is 9.93. The summed E-state index contributed by atoms with van der Waals surface area (Å²) in [5, 5.41) is 17.9. The Hall–Kier alpha value is -1.74. The van der Waals surface area contributed by atoms with Crippen LogP contribution in [0.5, 0.6) is 0 Å². The first-order valence-corrected chi connectivity index (χ1v) is 4.83. The van der Waals surface area contributed by atoms with Crippen molar-refractivity contribution in [3.63, 3.8) is 0 Å². The molecule has 0 spiro atoms. The van der Waals surface area contributed by atoms with Crippen molar-refractivity contribution < 1.29 is 5.11 Å². The van der Waals surface area contributed by atoms with E-state index >= 15 is 0 Å². The molecule has 1 aromatic rings. The molecule has 0 radical (unpaired) electrons. The molecule has 15 heavy (non-hydrogen) atoms. The third kappa shape index (κ3) is 2.60. The second kappa shape index (κ2) is 4.19. The first-order chi connectivity index (χ1) is 7.29. The molecule has 76 valence electrons. The SMILES string of the molecule is OC1(N=Nc2ccccc2)C=CC=CC1. The van der Waals surface area contributed by atoms with E-state index in [1.165, 1.54) is 0 Å². The highest BCUT2D eigenvalue weighted by molar-refractivity contribution is 5.35. The molecule has 2 rings (SSSR count). The lowest BCUT2D eigenvalue weighted by molar-refractivity contribution is 0.0956. The van der Waals surface area contributed by atoms with Crippen LogP contribution in [0.2, 0.25) is 0 Å². The van der Waals surface area contributed by atoms with Crippen LogP contribution in [-0.4, -0.2) is 10.8 Å². The van der Waals surface area contributed by atoms with Gasteiger partial charge in [0.2, 0.25) is 0 Å². The zero-order valence-electron chi connectivity index (χ0n) is 8.24. The molecule has 0 saturated heterocycles. The number of allylic oxidation sites excluding steroid dienone is 2. The van der Waals surface area contributed by atoms with Crippen molar-refractivity contribution in [2.45, 2.75) is 12.1 Å². The largest absolute Gasteiger partial charge is 0.364 e. The number of benzene rings is 1. The number of rotatable bonds is 2. The highest BCUT2D eigenvalue weighted by Crippen LogP contribution is 2.22. The predicted molar refractivity (Wildman–Crippen MR) is 58.8 cm³/mol. The minimum absolute atomic E-state index is 0.472. The first-order valence-electron chi connectivity index (χ1n) is 4.83. The van der Waals surface area contributed by atoms with Crippen molar-refractivity contribution in [3.8, 4) is 0 Å². The Morgan fingerprint density at radius 2 is 1.93 bits per heavy atom. The summed E-state index contributed by atoms with van der Waals surface area (Å²) in [6.07, 6.45) is 7.63. The standard InChI is InChI=1S/C12H12N2O/c15-12(9-5-2-6-10-12)14-13-11-7-3-1-4-8-11/h1-9,15H,10H2. The third-order valence-electron chi connectivity index (χ3n) is 2.12. The molecule has 1 aromatic carbocycles. The van der Waals surface area contributed by atoms with Gasteiger partial charge in [0, 0.05) is 6.42 Å². The van der Waals surface area contributed by atoms with Crippen molar-refractivity contribution in [1.29, 1.82) is 0 Å². The van der Waals surface area contributed by atoms with Crippen LogP contribution in [0.4, 0.5) is 5.69 Å². The number of hydrogen-bond donors (Lipinski definition) is 1. The molecule has 0 aliphatic heterocycles. The van der Waals surface area contributed by atoms with Gasteiger partial charge in [-0.05, 0) is 18.2 Å². The minimum Gasteiger partial charge on any atom is -0.364 e. The zero-order chi connectivity index (χ0) is 10.6.